The van der Waals surface area contributed by atoms with Gasteiger partial charge in [0.25, 0.3) is 0 Å². The summed E-state index contributed by atoms with van der Waals surface area (Å²) in [5.74, 6) is -0.149. The van der Waals surface area contributed by atoms with Gasteiger partial charge in [-0.25, -0.2) is 0 Å². The first kappa shape index (κ1) is 9.52. The molecule has 0 saturated carbocycles. The molecule has 0 aliphatic rings. The first-order valence-electron chi connectivity index (χ1n) is 4.64. The van der Waals surface area contributed by atoms with E-state index in [0.29, 0.717) is 11.3 Å². The zero-order chi connectivity index (χ0) is 10.8. The zero-order valence-electron chi connectivity index (χ0n) is 8.34. The Morgan fingerprint density at radius 1 is 1.20 bits per heavy atom. The Balaban J connectivity index is 2.46. The first-order valence-corrected chi connectivity index (χ1v) is 4.64. The molecule has 0 saturated heterocycles. The normalized spacial score (nSPS) is 10.2. The Morgan fingerprint density at radius 2 is 1.93 bits per heavy atom. The number of aromatic hydroxyl groups is 1. The molecule has 0 fully saturated rings. The van der Waals surface area contributed by atoms with Gasteiger partial charge in [0.2, 0.25) is 5.78 Å². The molecule has 1 aromatic carbocycles. The van der Waals surface area contributed by atoms with Crippen molar-refractivity contribution in [1.29, 1.82) is 0 Å². The van der Waals surface area contributed by atoms with Gasteiger partial charge in [-0.2, -0.15) is 0 Å². The molecule has 76 valence electrons. The summed E-state index contributed by atoms with van der Waals surface area (Å²) in [5, 5.41) is 9.54. The second-order valence-corrected chi connectivity index (χ2v) is 3.35. The first-order chi connectivity index (χ1) is 7.20. The summed E-state index contributed by atoms with van der Waals surface area (Å²) >= 11 is 0. The molecule has 0 amide bonds. The average Bonchev–Trinajstić information content (AvgIpc) is 2.64. The number of ketones is 1. The number of carbonyl (C=O) groups excluding carboxylic acids is 1. The SMILES string of the molecule is Cn1cccc1C(=O)c1ccccc1O. The number of para-hydroxylation sites is 1. The number of aryl methyl sites for hydroxylation is 1. The third-order valence-corrected chi connectivity index (χ3v) is 2.33. The summed E-state index contributed by atoms with van der Waals surface area (Å²) in [7, 11) is 1.80. The Kier molecular flexibility index (Phi) is 2.29. The summed E-state index contributed by atoms with van der Waals surface area (Å²) in [5.41, 5.74) is 0.899. The van der Waals surface area contributed by atoms with E-state index in [9.17, 15) is 9.90 Å². The molecule has 3 nitrogen and oxygen atoms in total. The maximum atomic E-state index is 12.0. The van der Waals surface area contributed by atoms with E-state index in [1.165, 1.54) is 6.07 Å². The fourth-order valence-electron chi connectivity index (χ4n) is 1.50. The molecule has 0 aliphatic carbocycles. The quantitative estimate of drug-likeness (QED) is 0.755. The minimum atomic E-state index is -0.166. The lowest BCUT2D eigenvalue weighted by Crippen LogP contribution is -2.06. The minimum absolute atomic E-state index is 0.0173. The van der Waals surface area contributed by atoms with E-state index >= 15 is 0 Å². The molecule has 15 heavy (non-hydrogen) atoms. The van der Waals surface area contributed by atoms with Crippen LogP contribution in [0.1, 0.15) is 16.1 Å². The number of benzene rings is 1. The summed E-state index contributed by atoms with van der Waals surface area (Å²) in [6.45, 7) is 0. The second kappa shape index (κ2) is 3.61. The van der Waals surface area contributed by atoms with E-state index in [-0.39, 0.29) is 11.5 Å². The lowest BCUT2D eigenvalue weighted by molar-refractivity contribution is 0.102. The molecule has 0 aliphatic heterocycles. The molecule has 0 radical (unpaired) electrons. The minimum Gasteiger partial charge on any atom is -0.507 e. The number of aromatic nitrogens is 1. The average molecular weight is 201 g/mol. The van der Waals surface area contributed by atoms with Crippen LogP contribution in [0.5, 0.6) is 5.75 Å². The number of hydrogen-bond acceptors (Lipinski definition) is 2. The topological polar surface area (TPSA) is 42.2 Å². The Morgan fingerprint density at radius 3 is 2.53 bits per heavy atom. The highest BCUT2D eigenvalue weighted by Crippen LogP contribution is 2.19. The van der Waals surface area contributed by atoms with Gasteiger partial charge in [-0.05, 0) is 24.3 Å². The van der Waals surface area contributed by atoms with E-state index in [2.05, 4.69) is 0 Å². The lowest BCUT2D eigenvalue weighted by Gasteiger charge is -2.04. The van der Waals surface area contributed by atoms with Crippen molar-refractivity contribution >= 4 is 5.78 Å². The second-order valence-electron chi connectivity index (χ2n) is 3.35. The molecule has 2 rings (SSSR count). The molecule has 0 bridgehead atoms. The van der Waals surface area contributed by atoms with E-state index in [1.54, 1.807) is 48.1 Å². The van der Waals surface area contributed by atoms with Crippen molar-refractivity contribution in [3.05, 3.63) is 53.9 Å². The molecule has 0 atom stereocenters. The zero-order valence-corrected chi connectivity index (χ0v) is 8.34. The van der Waals surface area contributed by atoms with Crippen LogP contribution in [0.15, 0.2) is 42.6 Å². The monoisotopic (exact) mass is 201 g/mol. The van der Waals surface area contributed by atoms with Gasteiger partial charge >= 0.3 is 0 Å². The third kappa shape index (κ3) is 1.64. The Bertz CT molecular complexity index is 500. The molecule has 0 unspecified atom stereocenters. The Hall–Kier alpha value is -2.03. The van der Waals surface area contributed by atoms with Crippen molar-refractivity contribution in [2.75, 3.05) is 0 Å². The Labute approximate surface area is 87.6 Å². The third-order valence-electron chi connectivity index (χ3n) is 2.33. The van der Waals surface area contributed by atoms with Crippen LogP contribution in [-0.4, -0.2) is 15.5 Å². The molecule has 3 heteroatoms. The fourth-order valence-corrected chi connectivity index (χ4v) is 1.50. The highest BCUT2D eigenvalue weighted by atomic mass is 16.3. The number of phenolic OH excluding ortho intramolecular Hbond substituents is 1. The van der Waals surface area contributed by atoms with Gasteiger partial charge < -0.3 is 9.67 Å². The van der Waals surface area contributed by atoms with Crippen LogP contribution in [0.3, 0.4) is 0 Å². The van der Waals surface area contributed by atoms with Crippen molar-refractivity contribution in [2.45, 2.75) is 0 Å². The summed E-state index contributed by atoms with van der Waals surface area (Å²) in [6, 6.07) is 10.1. The number of phenols is 1. The molecule has 1 heterocycles. The van der Waals surface area contributed by atoms with Gasteiger partial charge in [0, 0.05) is 13.2 Å². The largest absolute Gasteiger partial charge is 0.507 e. The van der Waals surface area contributed by atoms with Crippen LogP contribution in [0.25, 0.3) is 0 Å². The highest BCUT2D eigenvalue weighted by molar-refractivity contribution is 6.09. The molecule has 1 N–H and O–H groups in total. The van der Waals surface area contributed by atoms with Crippen molar-refractivity contribution in [3.63, 3.8) is 0 Å². The highest BCUT2D eigenvalue weighted by Gasteiger charge is 2.14. The van der Waals surface area contributed by atoms with Crippen molar-refractivity contribution in [2.24, 2.45) is 7.05 Å². The van der Waals surface area contributed by atoms with E-state index in [0.717, 1.165) is 0 Å². The van der Waals surface area contributed by atoms with Crippen LogP contribution in [0, 0.1) is 0 Å². The van der Waals surface area contributed by atoms with Crippen molar-refractivity contribution in [1.82, 2.24) is 4.57 Å². The summed E-state index contributed by atoms with van der Waals surface area (Å²) in [4.78, 5) is 12.0. The van der Waals surface area contributed by atoms with Gasteiger partial charge in [-0.15, -0.1) is 0 Å². The molecule has 1 aromatic heterocycles. The van der Waals surface area contributed by atoms with Crippen LogP contribution in [0.4, 0.5) is 0 Å². The number of carbonyl (C=O) groups is 1. The van der Waals surface area contributed by atoms with Crippen molar-refractivity contribution < 1.29 is 9.90 Å². The molecular formula is C12H11NO2. The van der Waals surface area contributed by atoms with Crippen LogP contribution < -0.4 is 0 Å². The molecular weight excluding hydrogens is 190 g/mol. The predicted octanol–water partition coefficient (Wildman–Crippen LogP) is 1.96. The standard InChI is InChI=1S/C12H11NO2/c1-13-8-4-6-10(13)12(15)9-5-2-3-7-11(9)14/h2-8,14H,1H3. The van der Waals surface area contributed by atoms with E-state index < -0.39 is 0 Å². The fraction of sp³-hybridized carbons (Fsp3) is 0.0833. The van der Waals surface area contributed by atoms with Gasteiger partial charge in [-0.1, -0.05) is 12.1 Å². The van der Waals surface area contributed by atoms with E-state index in [4.69, 9.17) is 0 Å². The van der Waals surface area contributed by atoms with Gasteiger partial charge in [-0.3, -0.25) is 4.79 Å². The van der Waals surface area contributed by atoms with Gasteiger partial charge in [0.05, 0.1) is 11.3 Å². The van der Waals surface area contributed by atoms with Crippen LogP contribution >= 0.6 is 0 Å². The van der Waals surface area contributed by atoms with Gasteiger partial charge in [0.1, 0.15) is 5.75 Å². The van der Waals surface area contributed by atoms with Crippen LogP contribution in [-0.2, 0) is 7.05 Å². The maximum absolute atomic E-state index is 12.0. The van der Waals surface area contributed by atoms with E-state index in [1.807, 2.05) is 0 Å². The predicted molar refractivity (Wildman–Crippen MR) is 57.0 cm³/mol. The maximum Gasteiger partial charge on any atom is 0.213 e. The molecule has 2 aromatic rings. The number of hydrogen-bond donors (Lipinski definition) is 1. The van der Waals surface area contributed by atoms with Gasteiger partial charge in [0.15, 0.2) is 0 Å². The van der Waals surface area contributed by atoms with Crippen LogP contribution in [0.2, 0.25) is 0 Å². The smallest absolute Gasteiger partial charge is 0.213 e. The number of nitrogens with zero attached hydrogens (tertiary/aromatic N) is 1. The number of rotatable bonds is 2. The van der Waals surface area contributed by atoms with Crippen molar-refractivity contribution in [3.8, 4) is 5.75 Å². The summed E-state index contributed by atoms with van der Waals surface area (Å²) in [6.07, 6.45) is 1.80. The summed E-state index contributed by atoms with van der Waals surface area (Å²) < 4.78 is 1.73. The lowest BCUT2D eigenvalue weighted by atomic mass is 10.1. The molecule has 0 spiro atoms.